The smallest absolute Gasteiger partial charge is 0.344 e. The molecule has 2 aromatic rings. The van der Waals surface area contributed by atoms with Gasteiger partial charge in [-0.1, -0.05) is 11.2 Å². The number of aryl methyl sites for hydroxylation is 2. The van der Waals surface area contributed by atoms with Crippen LogP contribution in [0, 0.1) is 13.8 Å². The number of carbonyl (C=O) groups is 2. The fourth-order valence-corrected chi connectivity index (χ4v) is 4.42. The fourth-order valence-electron chi connectivity index (χ4n) is 2.96. The number of carbonyl (C=O) groups excluding carboxylic acids is 2. The third-order valence-corrected chi connectivity index (χ3v) is 6.49. The molecule has 1 saturated heterocycles. The third kappa shape index (κ3) is 4.69. The van der Waals surface area contributed by atoms with Crippen molar-refractivity contribution in [2.75, 3.05) is 31.6 Å². The van der Waals surface area contributed by atoms with Gasteiger partial charge >= 0.3 is 5.97 Å². The minimum absolute atomic E-state index is 0.0579. The van der Waals surface area contributed by atoms with Gasteiger partial charge in [0.25, 0.3) is 5.91 Å². The number of benzene rings is 1. The summed E-state index contributed by atoms with van der Waals surface area (Å²) in [5.74, 6) is -1.03. The Labute approximate surface area is 174 Å². The highest BCUT2D eigenvalue weighted by Crippen LogP contribution is 2.21. The zero-order valence-electron chi connectivity index (χ0n) is 16.9. The maximum absolute atomic E-state index is 12.8. The van der Waals surface area contributed by atoms with Gasteiger partial charge in [0, 0.05) is 18.8 Å². The van der Waals surface area contributed by atoms with Gasteiger partial charge in [-0.15, -0.1) is 0 Å². The molecular weight excluding hydrogens is 414 g/mol. The average molecular weight is 437 g/mol. The van der Waals surface area contributed by atoms with E-state index < -0.39 is 28.0 Å². The van der Waals surface area contributed by atoms with Gasteiger partial charge in [0.2, 0.25) is 10.0 Å². The Bertz CT molecular complexity index is 1020. The summed E-state index contributed by atoms with van der Waals surface area (Å²) in [5.41, 5.74) is 0.814. The number of esters is 1. The lowest BCUT2D eigenvalue weighted by Gasteiger charge is -2.26. The maximum Gasteiger partial charge on any atom is 0.344 e. The minimum Gasteiger partial charge on any atom is -0.449 e. The Morgan fingerprint density at radius 1 is 1.23 bits per heavy atom. The number of hydrogen-bond acceptors (Lipinski definition) is 8. The number of hydrogen-bond donors (Lipinski definition) is 1. The highest BCUT2D eigenvalue weighted by atomic mass is 32.2. The molecule has 0 bridgehead atoms. The van der Waals surface area contributed by atoms with E-state index in [4.69, 9.17) is 14.0 Å². The van der Waals surface area contributed by atoms with Gasteiger partial charge in [-0.25, -0.2) is 13.2 Å². The SMILES string of the molecule is Cc1noc(C)c1C(=O)O[C@H](C)C(=O)Nc1cccc(S(=O)(=O)N2CCOCC2)c1. The maximum atomic E-state index is 12.8. The fraction of sp³-hybridized carbons (Fsp3) is 0.421. The summed E-state index contributed by atoms with van der Waals surface area (Å²) < 4.78 is 42.2. The number of morpholine rings is 1. The van der Waals surface area contributed by atoms with Crippen LogP contribution >= 0.6 is 0 Å². The monoisotopic (exact) mass is 437 g/mol. The first kappa shape index (κ1) is 21.9. The average Bonchev–Trinajstić information content (AvgIpc) is 3.07. The Morgan fingerprint density at radius 2 is 1.93 bits per heavy atom. The number of rotatable bonds is 6. The third-order valence-electron chi connectivity index (χ3n) is 4.60. The van der Waals surface area contributed by atoms with Crippen LogP contribution in [0.3, 0.4) is 0 Å². The van der Waals surface area contributed by atoms with E-state index in [1.54, 1.807) is 19.9 Å². The molecule has 10 nitrogen and oxygen atoms in total. The highest BCUT2D eigenvalue weighted by molar-refractivity contribution is 7.89. The molecule has 0 saturated carbocycles. The molecule has 1 aliphatic rings. The lowest BCUT2D eigenvalue weighted by atomic mass is 10.2. The van der Waals surface area contributed by atoms with E-state index in [1.807, 2.05) is 0 Å². The van der Waals surface area contributed by atoms with Crippen LogP contribution in [0.4, 0.5) is 5.69 Å². The summed E-state index contributed by atoms with van der Waals surface area (Å²) in [6, 6.07) is 5.91. The Kier molecular flexibility index (Phi) is 6.54. The molecule has 162 valence electrons. The van der Waals surface area contributed by atoms with E-state index in [2.05, 4.69) is 10.5 Å². The summed E-state index contributed by atoms with van der Waals surface area (Å²) in [5, 5.41) is 6.26. The predicted molar refractivity (Wildman–Crippen MR) is 106 cm³/mol. The molecule has 30 heavy (non-hydrogen) atoms. The van der Waals surface area contributed by atoms with Gasteiger partial charge in [0.15, 0.2) is 6.10 Å². The summed E-state index contributed by atoms with van der Waals surface area (Å²) in [4.78, 5) is 24.8. The summed E-state index contributed by atoms with van der Waals surface area (Å²) in [6.45, 7) is 5.80. The first-order chi connectivity index (χ1) is 14.2. The molecule has 1 N–H and O–H groups in total. The predicted octanol–water partition coefficient (Wildman–Crippen LogP) is 1.50. The number of anilines is 1. The molecule has 0 spiro atoms. The topological polar surface area (TPSA) is 128 Å². The van der Waals surface area contributed by atoms with Crippen molar-refractivity contribution in [3.05, 3.63) is 41.3 Å². The van der Waals surface area contributed by atoms with Crippen molar-refractivity contribution < 1.29 is 32.0 Å². The molecule has 0 aliphatic carbocycles. The zero-order chi connectivity index (χ0) is 21.9. The Balaban J connectivity index is 1.68. The highest BCUT2D eigenvalue weighted by Gasteiger charge is 2.27. The lowest BCUT2D eigenvalue weighted by Crippen LogP contribution is -2.40. The normalized spacial score (nSPS) is 16.1. The van der Waals surface area contributed by atoms with Crippen LogP contribution in [0.2, 0.25) is 0 Å². The first-order valence-electron chi connectivity index (χ1n) is 9.33. The van der Waals surface area contributed by atoms with Crippen LogP contribution < -0.4 is 5.32 Å². The van der Waals surface area contributed by atoms with Gasteiger partial charge < -0.3 is 19.3 Å². The second-order valence-electron chi connectivity index (χ2n) is 6.78. The van der Waals surface area contributed by atoms with Gasteiger partial charge in [0.05, 0.1) is 23.8 Å². The van der Waals surface area contributed by atoms with Crippen molar-refractivity contribution in [2.45, 2.75) is 31.8 Å². The molecule has 1 fully saturated rings. The molecular formula is C19H23N3O7S. The van der Waals surface area contributed by atoms with E-state index in [9.17, 15) is 18.0 Å². The van der Waals surface area contributed by atoms with E-state index >= 15 is 0 Å². The standard InChI is InChI=1S/C19H23N3O7S/c1-12-17(13(2)29-21-12)19(24)28-14(3)18(23)20-15-5-4-6-16(11-15)30(25,26)22-7-9-27-10-8-22/h4-6,11,14H,7-10H2,1-3H3,(H,20,23)/t14-/m1/s1. The van der Waals surface area contributed by atoms with Gasteiger partial charge in [-0.2, -0.15) is 4.31 Å². The molecule has 3 rings (SSSR count). The van der Waals surface area contributed by atoms with Gasteiger partial charge in [-0.3, -0.25) is 4.79 Å². The van der Waals surface area contributed by atoms with Crippen LogP contribution in [0.15, 0.2) is 33.7 Å². The molecule has 0 unspecified atom stereocenters. The molecule has 0 radical (unpaired) electrons. The summed E-state index contributed by atoms with van der Waals surface area (Å²) in [7, 11) is -3.70. The largest absolute Gasteiger partial charge is 0.449 e. The Morgan fingerprint density at radius 3 is 2.57 bits per heavy atom. The first-order valence-corrected chi connectivity index (χ1v) is 10.8. The number of amides is 1. The van der Waals surface area contributed by atoms with Crippen LogP contribution in [-0.2, 0) is 24.3 Å². The molecule has 1 aromatic carbocycles. The summed E-state index contributed by atoms with van der Waals surface area (Å²) >= 11 is 0. The quantitative estimate of drug-likeness (QED) is 0.674. The van der Waals surface area contributed by atoms with Gasteiger partial charge in [-0.05, 0) is 39.0 Å². The van der Waals surface area contributed by atoms with Crippen LogP contribution in [-0.4, -0.2) is 62.2 Å². The molecule has 2 heterocycles. The van der Waals surface area contributed by atoms with Crippen molar-refractivity contribution in [3.8, 4) is 0 Å². The number of aromatic nitrogens is 1. The van der Waals surface area contributed by atoms with Crippen molar-refractivity contribution >= 4 is 27.6 Å². The van der Waals surface area contributed by atoms with Crippen molar-refractivity contribution in [3.63, 3.8) is 0 Å². The molecule has 11 heteroatoms. The van der Waals surface area contributed by atoms with Gasteiger partial charge in [0.1, 0.15) is 11.3 Å². The second-order valence-corrected chi connectivity index (χ2v) is 8.72. The zero-order valence-corrected chi connectivity index (χ0v) is 17.7. The van der Waals surface area contributed by atoms with Crippen LogP contribution in [0.1, 0.15) is 28.7 Å². The molecule has 1 atom stereocenters. The molecule has 1 aromatic heterocycles. The number of nitrogens with zero attached hydrogens (tertiary/aromatic N) is 2. The number of nitrogens with one attached hydrogen (secondary N) is 1. The minimum atomic E-state index is -3.70. The van der Waals surface area contributed by atoms with Crippen molar-refractivity contribution in [1.82, 2.24) is 9.46 Å². The van der Waals surface area contributed by atoms with E-state index in [-0.39, 0.29) is 29.2 Å². The summed E-state index contributed by atoms with van der Waals surface area (Å²) in [6.07, 6.45) is -1.12. The lowest BCUT2D eigenvalue weighted by molar-refractivity contribution is -0.123. The van der Waals surface area contributed by atoms with Crippen LogP contribution in [0.25, 0.3) is 0 Å². The second kappa shape index (κ2) is 8.94. The number of sulfonamides is 1. The number of ether oxygens (including phenoxy) is 2. The van der Waals surface area contributed by atoms with E-state index in [1.165, 1.54) is 29.4 Å². The van der Waals surface area contributed by atoms with Crippen molar-refractivity contribution in [1.29, 1.82) is 0 Å². The van der Waals surface area contributed by atoms with Crippen molar-refractivity contribution in [2.24, 2.45) is 0 Å². The Hall–Kier alpha value is -2.76. The van der Waals surface area contributed by atoms with Crippen LogP contribution in [0.5, 0.6) is 0 Å². The van der Waals surface area contributed by atoms with E-state index in [0.717, 1.165) is 0 Å². The molecule has 1 amide bonds. The van der Waals surface area contributed by atoms with E-state index in [0.29, 0.717) is 24.7 Å². The molecule has 1 aliphatic heterocycles.